The highest BCUT2D eigenvalue weighted by Gasteiger charge is 1.96. The number of unbranched alkanes of at least 4 members (excludes halogenated alkanes) is 1. The fraction of sp³-hybridized carbons (Fsp3) is 1.00. The number of halogens is 1. The summed E-state index contributed by atoms with van der Waals surface area (Å²) in [6.45, 7) is 4.41. The molecule has 0 unspecified atom stereocenters. The number of hydrogen-bond acceptors (Lipinski definition) is 0. The molecular weight excluding hydrogens is 151 g/mol. The van der Waals surface area contributed by atoms with Crippen molar-refractivity contribution in [2.24, 2.45) is 0 Å². The van der Waals surface area contributed by atoms with Crippen molar-refractivity contribution < 1.29 is 0 Å². The molecule has 0 aliphatic heterocycles. The van der Waals surface area contributed by atoms with E-state index < -0.39 is 0 Å². The molecule has 0 aromatic carbocycles. The van der Waals surface area contributed by atoms with Crippen molar-refractivity contribution in [2.45, 2.75) is 32.9 Å². The molecule has 0 aromatic rings. The van der Waals surface area contributed by atoms with E-state index in [1.165, 1.54) is 19.2 Å². The van der Waals surface area contributed by atoms with Crippen LogP contribution in [0.4, 0.5) is 0 Å². The maximum atomic E-state index is 3.48. The summed E-state index contributed by atoms with van der Waals surface area (Å²) in [7, 11) is 0. The van der Waals surface area contributed by atoms with Crippen LogP contribution in [0, 0.1) is 0 Å². The molecule has 0 bridgehead atoms. The van der Waals surface area contributed by atoms with Crippen molar-refractivity contribution in [3.05, 3.63) is 0 Å². The summed E-state index contributed by atoms with van der Waals surface area (Å²) in [6.07, 6.45) is 3.98. The molecule has 0 heterocycles. The van der Waals surface area contributed by atoms with E-state index in [9.17, 15) is 0 Å². The fourth-order valence-corrected chi connectivity index (χ4v) is 0.809. The zero-order valence-corrected chi connectivity index (χ0v) is 6.66. The molecule has 0 fully saturated rings. The Kier molecular flexibility index (Phi) is 5.06. The maximum Gasteiger partial charge on any atom is 0.219 e. The van der Waals surface area contributed by atoms with E-state index in [1.54, 1.807) is 0 Å². The van der Waals surface area contributed by atoms with Crippen LogP contribution in [0.15, 0.2) is 0 Å². The molecule has 0 radical (unpaired) electrons. The molecule has 0 saturated carbocycles. The third-order valence-electron chi connectivity index (χ3n) is 0.955. The molecule has 2 heteroatoms. The molecule has 0 aromatic heterocycles. The van der Waals surface area contributed by atoms with Crippen LogP contribution >= 0.6 is 15.8 Å². The number of rotatable bonds is 3. The Morgan fingerprint density at radius 3 is 2.29 bits per heavy atom. The molecule has 0 spiro atoms. The van der Waals surface area contributed by atoms with Crippen LogP contribution in [-0.2, 0) is 0 Å². The van der Waals surface area contributed by atoms with Crippen LogP contribution < -0.4 is 0 Å². The second-order valence-corrected chi connectivity index (χ2v) is 3.49. The van der Waals surface area contributed by atoms with Crippen molar-refractivity contribution >= 4 is 21.3 Å². The highest BCUT2D eigenvalue weighted by molar-refractivity contribution is 9.24. The normalized spacial score (nSPS) is 9.00. The highest BCUT2D eigenvalue weighted by atomic mass is 79.9. The summed E-state index contributed by atoms with van der Waals surface area (Å²) in [4.78, 5) is 0. The van der Waals surface area contributed by atoms with E-state index in [2.05, 4.69) is 29.5 Å². The first-order valence-electron chi connectivity index (χ1n) is 2.91. The monoisotopic (exact) mass is 162 g/mol. The van der Waals surface area contributed by atoms with Gasteiger partial charge in [-0.3, -0.25) is 0 Å². The van der Waals surface area contributed by atoms with E-state index in [4.69, 9.17) is 0 Å². The topological polar surface area (TPSA) is 0 Å². The van der Waals surface area contributed by atoms with Crippen LogP contribution in [0.2, 0.25) is 13.1 Å². The molecule has 0 aliphatic carbocycles. The van der Waals surface area contributed by atoms with Crippen LogP contribution in [-0.4, -0.2) is 5.54 Å². The van der Waals surface area contributed by atoms with E-state index in [0.29, 0.717) is 5.54 Å². The average Bonchev–Trinajstić information content (AvgIpc) is 1.61. The molecule has 0 aliphatic rings. The lowest BCUT2D eigenvalue weighted by molar-refractivity contribution is 0.879. The van der Waals surface area contributed by atoms with Gasteiger partial charge in [-0.1, -0.05) is 32.9 Å². The Morgan fingerprint density at radius 1 is 1.57 bits per heavy atom. The smallest absolute Gasteiger partial charge is 0.157 e. The van der Waals surface area contributed by atoms with Gasteiger partial charge in [0, 0.05) is 0 Å². The Morgan fingerprint density at radius 2 is 2.14 bits per heavy atom. The minimum absolute atomic E-state index is 0.715. The second-order valence-electron chi connectivity index (χ2n) is 1.92. The minimum atomic E-state index is 0.715. The Labute approximate surface area is 54.7 Å². The first-order chi connectivity index (χ1) is 3.27. The van der Waals surface area contributed by atoms with Gasteiger partial charge in [-0.2, -0.15) is 15.8 Å². The van der Waals surface area contributed by atoms with E-state index >= 15 is 0 Å². The minimum Gasteiger partial charge on any atom is -0.157 e. The molecule has 0 rings (SSSR count). The summed E-state index contributed by atoms with van der Waals surface area (Å²) in [6, 6.07) is 0. The van der Waals surface area contributed by atoms with Crippen molar-refractivity contribution in [3.8, 4) is 0 Å². The molecule has 0 nitrogen and oxygen atoms in total. The van der Waals surface area contributed by atoms with Gasteiger partial charge in [0.05, 0.1) is 0 Å². The molecule has 0 atom stereocenters. The average molecular weight is 163 g/mol. The van der Waals surface area contributed by atoms with Gasteiger partial charge in [0.25, 0.3) is 0 Å². The van der Waals surface area contributed by atoms with Gasteiger partial charge in [0.1, 0.15) is 0 Å². The molecule has 42 valence electrons. The van der Waals surface area contributed by atoms with E-state index in [-0.39, 0.29) is 0 Å². The van der Waals surface area contributed by atoms with Gasteiger partial charge in [-0.25, -0.2) is 0 Å². The Balaban J connectivity index is 2.68. The van der Waals surface area contributed by atoms with Crippen molar-refractivity contribution in [1.29, 1.82) is 0 Å². The van der Waals surface area contributed by atoms with Crippen molar-refractivity contribution in [2.75, 3.05) is 0 Å². The summed E-state index contributed by atoms with van der Waals surface area (Å²) >= 11 is 3.48. The Bertz CT molecular complexity index is 37.1. The summed E-state index contributed by atoms with van der Waals surface area (Å²) in [5, 5.41) is 0. The number of hydrogen-bond donors (Lipinski definition) is 0. The van der Waals surface area contributed by atoms with Gasteiger partial charge < -0.3 is 0 Å². The van der Waals surface area contributed by atoms with Gasteiger partial charge in [-0.15, -0.1) is 0 Å². The van der Waals surface area contributed by atoms with Gasteiger partial charge in [-0.05, 0) is 0 Å². The highest BCUT2D eigenvalue weighted by Crippen LogP contribution is 2.04. The van der Waals surface area contributed by atoms with Gasteiger partial charge in [0.15, 0.2) is 0 Å². The van der Waals surface area contributed by atoms with Crippen LogP contribution in [0.25, 0.3) is 0 Å². The third-order valence-corrected chi connectivity index (χ3v) is 1.41. The fourth-order valence-electron chi connectivity index (χ4n) is 0.485. The predicted molar refractivity (Wildman–Crippen MR) is 40.3 cm³/mol. The quantitative estimate of drug-likeness (QED) is 0.561. The van der Waals surface area contributed by atoms with Crippen molar-refractivity contribution in [1.82, 2.24) is 0 Å². The molecular formula is C5H12BBr. The van der Waals surface area contributed by atoms with Crippen LogP contribution in [0.1, 0.15) is 19.8 Å². The zero-order valence-electron chi connectivity index (χ0n) is 5.08. The Hall–Kier alpha value is 0.545. The summed E-state index contributed by atoms with van der Waals surface area (Å²) < 4.78 is 0. The lowest BCUT2D eigenvalue weighted by Gasteiger charge is -1.92. The summed E-state index contributed by atoms with van der Waals surface area (Å²) in [5.74, 6) is 0. The third kappa shape index (κ3) is 6.54. The van der Waals surface area contributed by atoms with E-state index in [0.717, 1.165) is 0 Å². The van der Waals surface area contributed by atoms with Crippen LogP contribution in [0.5, 0.6) is 0 Å². The standard InChI is InChI=1S/C5H12BBr/c1-3-4-5-6(2)7/h3-5H2,1-2H3. The lowest BCUT2D eigenvalue weighted by Crippen LogP contribution is -1.91. The van der Waals surface area contributed by atoms with Gasteiger partial charge in [0.2, 0.25) is 5.54 Å². The first-order valence-corrected chi connectivity index (χ1v) is 3.83. The first kappa shape index (κ1) is 7.54. The van der Waals surface area contributed by atoms with Crippen molar-refractivity contribution in [3.63, 3.8) is 0 Å². The summed E-state index contributed by atoms with van der Waals surface area (Å²) in [5.41, 5.74) is 0.715. The maximum absolute atomic E-state index is 3.48. The van der Waals surface area contributed by atoms with E-state index in [1.807, 2.05) is 0 Å². The molecule has 0 saturated heterocycles. The largest absolute Gasteiger partial charge is 0.219 e. The second kappa shape index (κ2) is 4.70. The lowest BCUT2D eigenvalue weighted by atomic mass is 9.76. The zero-order chi connectivity index (χ0) is 5.70. The van der Waals surface area contributed by atoms with Gasteiger partial charge >= 0.3 is 0 Å². The predicted octanol–water partition coefficient (Wildman–Crippen LogP) is 2.80. The molecule has 0 amide bonds. The molecule has 7 heavy (non-hydrogen) atoms. The van der Waals surface area contributed by atoms with Crippen LogP contribution in [0.3, 0.4) is 0 Å². The SMILES string of the molecule is CCCCB(C)Br. The molecule has 0 N–H and O–H groups in total.